The van der Waals surface area contributed by atoms with Gasteiger partial charge < -0.3 is 18.8 Å². The first-order valence-corrected chi connectivity index (χ1v) is 29.4. The van der Waals surface area contributed by atoms with Crippen LogP contribution in [0.15, 0.2) is 18.5 Å². The Morgan fingerprint density at radius 2 is 1.48 bits per heavy atom. The predicted molar refractivity (Wildman–Crippen MR) is 209 cm³/mol. The van der Waals surface area contributed by atoms with Crippen LogP contribution in [0.5, 0.6) is 0 Å². The Bertz CT molecular complexity index is 1470. The van der Waals surface area contributed by atoms with Crippen molar-refractivity contribution in [3.05, 3.63) is 29.2 Å². The van der Waals surface area contributed by atoms with Gasteiger partial charge in [-0.2, -0.15) is 9.61 Å². The van der Waals surface area contributed by atoms with Crippen LogP contribution in [0.4, 0.5) is 5.82 Å². The van der Waals surface area contributed by atoms with Gasteiger partial charge in [-0.15, -0.1) is 11.3 Å². The van der Waals surface area contributed by atoms with E-state index in [-0.39, 0.29) is 5.04 Å². The lowest BCUT2D eigenvalue weighted by Gasteiger charge is -2.35. The van der Waals surface area contributed by atoms with E-state index in [1.54, 1.807) is 11.3 Å². The summed E-state index contributed by atoms with van der Waals surface area (Å²) in [4.78, 5) is 13.6. The first kappa shape index (κ1) is 37.8. The van der Waals surface area contributed by atoms with Gasteiger partial charge in [-0.05, 0) is 61.3 Å². The molecular formula is C36H63N5O3SSi3. The monoisotopic (exact) mass is 729 g/mol. The molecule has 5 rings (SSSR count). The molecule has 0 N–H and O–H groups in total. The first-order valence-electron chi connectivity index (χ1n) is 18.3. The molecule has 0 amide bonds. The summed E-state index contributed by atoms with van der Waals surface area (Å²) in [5.74, 6) is 3.14. The van der Waals surface area contributed by atoms with Crippen LogP contribution in [-0.2, 0) is 20.5 Å². The third kappa shape index (κ3) is 9.88. The van der Waals surface area contributed by atoms with Gasteiger partial charge in [0.2, 0.25) is 0 Å². The molecule has 2 bridgehead atoms. The van der Waals surface area contributed by atoms with E-state index in [0.717, 1.165) is 64.1 Å². The van der Waals surface area contributed by atoms with Gasteiger partial charge in [0.25, 0.3) is 0 Å². The van der Waals surface area contributed by atoms with Crippen LogP contribution in [0.2, 0.25) is 69.5 Å². The van der Waals surface area contributed by atoms with Crippen molar-refractivity contribution in [2.75, 3.05) is 31.6 Å². The van der Waals surface area contributed by atoms with Crippen LogP contribution in [0.3, 0.4) is 0 Å². The van der Waals surface area contributed by atoms with Gasteiger partial charge in [0, 0.05) is 53.2 Å². The van der Waals surface area contributed by atoms with Crippen molar-refractivity contribution in [1.82, 2.24) is 19.6 Å². The highest BCUT2D eigenvalue weighted by molar-refractivity contribution is 7.15. The quantitative estimate of drug-likeness (QED) is 0.0826. The van der Waals surface area contributed by atoms with Crippen molar-refractivity contribution in [2.45, 2.75) is 135 Å². The molecule has 2 aliphatic carbocycles. The molecule has 3 heterocycles. The van der Waals surface area contributed by atoms with E-state index in [4.69, 9.17) is 29.0 Å². The summed E-state index contributed by atoms with van der Waals surface area (Å²) in [6.07, 6.45) is 10.6. The van der Waals surface area contributed by atoms with Gasteiger partial charge in [0.15, 0.2) is 14.0 Å². The molecular weight excluding hydrogens is 667 g/mol. The van der Waals surface area contributed by atoms with Gasteiger partial charge in [-0.3, -0.25) is 0 Å². The topological polar surface area (TPSA) is 74.0 Å². The van der Waals surface area contributed by atoms with E-state index in [2.05, 4.69) is 84.1 Å². The third-order valence-corrected chi connectivity index (χ3v) is 19.7. The summed E-state index contributed by atoms with van der Waals surface area (Å²) in [5.41, 5.74) is 3.12. The molecule has 3 atom stereocenters. The molecule has 2 saturated carbocycles. The van der Waals surface area contributed by atoms with Gasteiger partial charge in [-0.25, -0.2) is 9.97 Å². The molecule has 48 heavy (non-hydrogen) atoms. The Kier molecular flexibility index (Phi) is 11.9. The van der Waals surface area contributed by atoms with Gasteiger partial charge >= 0.3 is 0 Å². The largest absolute Gasteiger partial charge is 0.410 e. The van der Waals surface area contributed by atoms with E-state index in [9.17, 15) is 0 Å². The number of nitrogens with zero attached hydrogens (tertiary/aromatic N) is 5. The fourth-order valence-electron chi connectivity index (χ4n) is 6.56. The summed E-state index contributed by atoms with van der Waals surface area (Å²) >= 11 is 1.70. The number of anilines is 1. The Balaban J connectivity index is 1.48. The Hall–Kier alpha value is -1.42. The molecule has 12 heteroatoms. The van der Waals surface area contributed by atoms with Crippen molar-refractivity contribution in [1.29, 1.82) is 0 Å². The molecule has 0 unspecified atom stereocenters. The van der Waals surface area contributed by atoms with Crippen LogP contribution >= 0.6 is 11.3 Å². The minimum atomic E-state index is -1.88. The highest BCUT2D eigenvalue weighted by Gasteiger charge is 2.38. The molecule has 3 aromatic rings. The number of fused-ring (bicyclic) bond motifs is 3. The molecule has 3 aromatic heterocycles. The number of hydrogen-bond acceptors (Lipinski definition) is 8. The van der Waals surface area contributed by atoms with E-state index in [1.165, 1.54) is 37.8 Å². The summed E-state index contributed by atoms with van der Waals surface area (Å²) in [6.45, 7) is 28.9. The maximum atomic E-state index is 6.53. The third-order valence-electron chi connectivity index (χ3n) is 10.8. The Labute approximate surface area is 297 Å². The van der Waals surface area contributed by atoms with E-state index in [0.29, 0.717) is 26.0 Å². The van der Waals surface area contributed by atoms with Crippen molar-refractivity contribution >= 4 is 47.3 Å². The number of ether oxygens (including phenoxy) is 2. The molecule has 0 aromatic carbocycles. The zero-order chi connectivity index (χ0) is 34.9. The number of aromatic nitrogens is 4. The smallest absolute Gasteiger partial charge is 0.192 e. The van der Waals surface area contributed by atoms with Crippen molar-refractivity contribution in [2.24, 2.45) is 11.8 Å². The molecule has 0 saturated heterocycles. The average Bonchev–Trinajstić information content (AvgIpc) is 3.71. The Morgan fingerprint density at radius 3 is 2.04 bits per heavy atom. The summed E-state index contributed by atoms with van der Waals surface area (Å²) in [5, 5.41) is 6.14. The molecule has 0 aliphatic heterocycles. The maximum absolute atomic E-state index is 6.53. The lowest BCUT2D eigenvalue weighted by atomic mass is 9.79. The first-order chi connectivity index (χ1) is 22.4. The van der Waals surface area contributed by atoms with Crippen molar-refractivity contribution in [3.8, 4) is 10.4 Å². The maximum Gasteiger partial charge on any atom is 0.192 e. The number of thiazole rings is 1. The van der Waals surface area contributed by atoms with Crippen LogP contribution in [-0.4, -0.2) is 70.7 Å². The average molecular weight is 730 g/mol. The SMILES string of the molecule is CC(C)(C)[Si](C)(C)OCc1ncc(-c2cnn3c(N(COCC[Si](C)(C)C)COCC[Si](C)(C)C)cc([C@H]4C[C@@H]5CC[C@@H](C5)C4)nc23)s1. The highest BCUT2D eigenvalue weighted by Crippen LogP contribution is 2.48. The molecule has 0 spiro atoms. The number of rotatable bonds is 16. The van der Waals surface area contributed by atoms with Gasteiger partial charge in [0.05, 0.1) is 23.2 Å². The van der Waals surface area contributed by atoms with E-state index >= 15 is 0 Å². The lowest BCUT2D eigenvalue weighted by Crippen LogP contribution is -2.40. The van der Waals surface area contributed by atoms with Crippen molar-refractivity contribution in [3.63, 3.8) is 0 Å². The van der Waals surface area contributed by atoms with E-state index < -0.39 is 24.5 Å². The summed E-state index contributed by atoms with van der Waals surface area (Å²) in [6, 6.07) is 4.57. The minimum absolute atomic E-state index is 0.160. The van der Waals surface area contributed by atoms with Crippen LogP contribution in [0.1, 0.15) is 69.5 Å². The summed E-state index contributed by atoms with van der Waals surface area (Å²) in [7, 11) is -4.30. The molecule has 2 fully saturated rings. The van der Waals surface area contributed by atoms with Crippen molar-refractivity contribution < 1.29 is 13.9 Å². The number of hydrogen-bond donors (Lipinski definition) is 0. The van der Waals surface area contributed by atoms with Crippen LogP contribution in [0, 0.1) is 11.8 Å². The van der Waals surface area contributed by atoms with Gasteiger partial charge in [0.1, 0.15) is 24.3 Å². The normalized spacial score (nSPS) is 20.6. The van der Waals surface area contributed by atoms with Crippen LogP contribution < -0.4 is 4.90 Å². The fraction of sp³-hybridized carbons (Fsp3) is 0.750. The standard InChI is InChI=1S/C36H63N5O3SSi3/c1-36(2,3)48(10,11)44-24-33-37-23-32(45-33)30-22-38-41-34(21-31(39-35(30)41)29-19-27-12-13-28(18-27)20-29)40(25-42-14-16-46(4,5)6)26-43-15-17-47(7,8)9/h21-23,27-29H,12-20,24-26H2,1-11H3/t27-,28+,29+. The summed E-state index contributed by atoms with van der Waals surface area (Å²) < 4.78 is 21.3. The predicted octanol–water partition coefficient (Wildman–Crippen LogP) is 10.1. The van der Waals surface area contributed by atoms with Gasteiger partial charge in [-0.1, -0.05) is 72.9 Å². The minimum Gasteiger partial charge on any atom is -0.410 e. The highest BCUT2D eigenvalue weighted by atomic mass is 32.1. The molecule has 8 nitrogen and oxygen atoms in total. The molecule has 2 aliphatic rings. The second-order valence-corrected chi connectivity index (χ2v) is 35.6. The van der Waals surface area contributed by atoms with E-state index in [1.807, 2.05) is 16.9 Å². The fourth-order valence-corrected chi connectivity index (χ4v) is 9.94. The lowest BCUT2D eigenvalue weighted by molar-refractivity contribution is 0.0942. The zero-order valence-electron chi connectivity index (χ0n) is 31.8. The second kappa shape index (κ2) is 15.1. The zero-order valence-corrected chi connectivity index (χ0v) is 35.6. The molecule has 268 valence electrons. The van der Waals surface area contributed by atoms with Crippen LogP contribution in [0.25, 0.3) is 16.1 Å². The second-order valence-electron chi connectivity index (χ2n) is 18.4. The Morgan fingerprint density at radius 1 is 0.875 bits per heavy atom. The molecule has 0 radical (unpaired) electrons.